The first-order chi connectivity index (χ1) is 7.68. The average molecular weight is 239 g/mol. The number of ether oxygens (including phenoxy) is 1. The zero-order chi connectivity index (χ0) is 11.5. The second-order valence-corrected chi connectivity index (χ2v) is 5.26. The Hall–Kier alpha value is -0.870. The molecule has 3 nitrogen and oxygen atoms in total. The Morgan fingerprint density at radius 1 is 1.62 bits per heavy atom. The molecule has 1 saturated heterocycles. The van der Waals surface area contributed by atoms with Gasteiger partial charge in [-0.05, 0) is 32.3 Å². The normalized spacial score (nSPS) is 20.0. The molecule has 1 aromatic heterocycles. The lowest BCUT2D eigenvalue weighted by atomic mass is 10.1. The number of nitrogens with one attached hydrogen (secondary N) is 1. The van der Waals surface area contributed by atoms with Gasteiger partial charge >= 0.3 is 0 Å². The Labute approximate surface area is 99.8 Å². The minimum absolute atomic E-state index is 0.0253. The van der Waals surface area contributed by atoms with Gasteiger partial charge < -0.3 is 10.1 Å². The molecule has 0 aromatic carbocycles. The van der Waals surface area contributed by atoms with E-state index in [-0.39, 0.29) is 12.0 Å². The molecule has 0 saturated carbocycles. The number of amides is 1. The number of hydrogen-bond donors (Lipinski definition) is 1. The van der Waals surface area contributed by atoms with Gasteiger partial charge in [0.05, 0.1) is 11.7 Å². The minimum atomic E-state index is 0.0253. The van der Waals surface area contributed by atoms with Crippen molar-refractivity contribution >= 4 is 17.2 Å². The fraction of sp³-hybridized carbons (Fsp3) is 0.583. The minimum Gasteiger partial charge on any atom is -0.376 e. The van der Waals surface area contributed by atoms with Crippen molar-refractivity contribution in [3.8, 4) is 0 Å². The fourth-order valence-electron chi connectivity index (χ4n) is 1.84. The molecule has 16 heavy (non-hydrogen) atoms. The summed E-state index contributed by atoms with van der Waals surface area (Å²) in [6.45, 7) is 5.49. The zero-order valence-electron chi connectivity index (χ0n) is 9.71. The SMILES string of the molecule is Cc1scc(C(=O)NCC2CCCO2)c1C. The summed E-state index contributed by atoms with van der Waals surface area (Å²) in [5.41, 5.74) is 1.90. The van der Waals surface area contributed by atoms with Gasteiger partial charge in [-0.25, -0.2) is 0 Å². The van der Waals surface area contributed by atoms with E-state index >= 15 is 0 Å². The second-order valence-electron chi connectivity index (χ2n) is 4.18. The largest absolute Gasteiger partial charge is 0.376 e. The van der Waals surface area contributed by atoms with E-state index in [1.54, 1.807) is 11.3 Å². The molecule has 1 aliphatic heterocycles. The van der Waals surface area contributed by atoms with Gasteiger partial charge in [-0.1, -0.05) is 0 Å². The van der Waals surface area contributed by atoms with Crippen molar-refractivity contribution in [1.29, 1.82) is 0 Å². The van der Waals surface area contributed by atoms with Crippen LogP contribution in [-0.4, -0.2) is 25.2 Å². The van der Waals surface area contributed by atoms with E-state index in [0.717, 1.165) is 30.6 Å². The first kappa shape index (κ1) is 11.6. The zero-order valence-corrected chi connectivity index (χ0v) is 10.5. The summed E-state index contributed by atoms with van der Waals surface area (Å²) < 4.78 is 5.46. The Morgan fingerprint density at radius 2 is 2.44 bits per heavy atom. The fourth-order valence-corrected chi connectivity index (χ4v) is 2.71. The number of rotatable bonds is 3. The number of carbonyl (C=O) groups is 1. The number of aryl methyl sites for hydroxylation is 1. The van der Waals surface area contributed by atoms with E-state index in [9.17, 15) is 4.79 Å². The van der Waals surface area contributed by atoms with Crippen molar-refractivity contribution in [2.45, 2.75) is 32.8 Å². The van der Waals surface area contributed by atoms with Gasteiger partial charge in [-0.3, -0.25) is 4.79 Å². The molecule has 1 aliphatic rings. The van der Waals surface area contributed by atoms with Gasteiger partial charge in [-0.2, -0.15) is 0 Å². The quantitative estimate of drug-likeness (QED) is 0.878. The van der Waals surface area contributed by atoms with Crippen LogP contribution in [0.15, 0.2) is 5.38 Å². The van der Waals surface area contributed by atoms with E-state index in [4.69, 9.17) is 4.74 Å². The van der Waals surface area contributed by atoms with Crippen LogP contribution in [0.4, 0.5) is 0 Å². The molecule has 1 aromatic rings. The van der Waals surface area contributed by atoms with Crippen LogP contribution in [0.5, 0.6) is 0 Å². The molecule has 4 heteroatoms. The lowest BCUT2D eigenvalue weighted by molar-refractivity contribution is 0.0857. The summed E-state index contributed by atoms with van der Waals surface area (Å²) in [7, 11) is 0. The van der Waals surface area contributed by atoms with Crippen LogP contribution in [0.3, 0.4) is 0 Å². The van der Waals surface area contributed by atoms with Crippen LogP contribution in [0.1, 0.15) is 33.6 Å². The first-order valence-electron chi connectivity index (χ1n) is 5.63. The maximum absolute atomic E-state index is 11.9. The molecule has 0 radical (unpaired) electrons. The maximum Gasteiger partial charge on any atom is 0.252 e. The third-order valence-corrected chi connectivity index (χ3v) is 4.06. The van der Waals surface area contributed by atoms with Gasteiger partial charge in [0.25, 0.3) is 5.91 Å². The number of thiophene rings is 1. The molecule has 1 unspecified atom stereocenters. The molecule has 0 spiro atoms. The average Bonchev–Trinajstić information content (AvgIpc) is 2.88. The molecule has 0 aliphatic carbocycles. The summed E-state index contributed by atoms with van der Waals surface area (Å²) in [4.78, 5) is 13.1. The first-order valence-corrected chi connectivity index (χ1v) is 6.51. The van der Waals surface area contributed by atoms with Crippen molar-refractivity contribution in [2.24, 2.45) is 0 Å². The topological polar surface area (TPSA) is 38.3 Å². The molecule has 0 bridgehead atoms. The van der Waals surface area contributed by atoms with Gasteiger partial charge in [0.15, 0.2) is 0 Å². The summed E-state index contributed by atoms with van der Waals surface area (Å²) in [5.74, 6) is 0.0253. The summed E-state index contributed by atoms with van der Waals surface area (Å²) >= 11 is 1.63. The Kier molecular flexibility index (Phi) is 3.61. The van der Waals surface area contributed by atoms with Crippen LogP contribution < -0.4 is 5.32 Å². The van der Waals surface area contributed by atoms with Gasteiger partial charge in [0.1, 0.15) is 0 Å². The highest BCUT2D eigenvalue weighted by Crippen LogP contribution is 2.20. The predicted molar refractivity (Wildman–Crippen MR) is 65.1 cm³/mol. The molecule has 1 atom stereocenters. The number of carbonyl (C=O) groups excluding carboxylic acids is 1. The van der Waals surface area contributed by atoms with E-state index in [0.29, 0.717) is 6.54 Å². The van der Waals surface area contributed by atoms with Crippen LogP contribution in [0.25, 0.3) is 0 Å². The van der Waals surface area contributed by atoms with Crippen LogP contribution in [-0.2, 0) is 4.74 Å². The van der Waals surface area contributed by atoms with Gasteiger partial charge in [-0.15, -0.1) is 11.3 Å². The van der Waals surface area contributed by atoms with Crippen LogP contribution in [0.2, 0.25) is 0 Å². The molecule has 2 heterocycles. The van der Waals surface area contributed by atoms with Crippen molar-refractivity contribution in [3.63, 3.8) is 0 Å². The molecule has 1 amide bonds. The highest BCUT2D eigenvalue weighted by molar-refractivity contribution is 7.10. The monoisotopic (exact) mass is 239 g/mol. The van der Waals surface area contributed by atoms with Gasteiger partial charge in [0, 0.05) is 23.4 Å². The molecule has 1 fully saturated rings. The third-order valence-electron chi connectivity index (χ3n) is 3.04. The van der Waals surface area contributed by atoms with Crippen molar-refractivity contribution in [2.75, 3.05) is 13.2 Å². The molecular formula is C12H17NO2S. The smallest absolute Gasteiger partial charge is 0.252 e. The maximum atomic E-state index is 11.9. The van der Waals surface area contributed by atoms with Crippen molar-refractivity contribution < 1.29 is 9.53 Å². The molecular weight excluding hydrogens is 222 g/mol. The highest BCUT2D eigenvalue weighted by Gasteiger charge is 2.18. The standard InChI is InChI=1S/C12H17NO2S/c1-8-9(2)16-7-11(8)12(14)13-6-10-4-3-5-15-10/h7,10H,3-6H2,1-2H3,(H,13,14). The van der Waals surface area contributed by atoms with Crippen LogP contribution in [0, 0.1) is 13.8 Å². The van der Waals surface area contributed by atoms with E-state index < -0.39 is 0 Å². The van der Waals surface area contributed by atoms with Crippen molar-refractivity contribution in [1.82, 2.24) is 5.32 Å². The molecule has 1 N–H and O–H groups in total. The lowest BCUT2D eigenvalue weighted by Gasteiger charge is -2.10. The number of hydrogen-bond acceptors (Lipinski definition) is 3. The van der Waals surface area contributed by atoms with E-state index in [1.807, 2.05) is 19.2 Å². The van der Waals surface area contributed by atoms with E-state index in [2.05, 4.69) is 5.32 Å². The molecule has 2 rings (SSSR count). The van der Waals surface area contributed by atoms with Crippen LogP contribution >= 0.6 is 11.3 Å². The Balaban J connectivity index is 1.90. The molecule has 88 valence electrons. The summed E-state index contributed by atoms with van der Waals surface area (Å²) in [6, 6.07) is 0. The highest BCUT2D eigenvalue weighted by atomic mass is 32.1. The van der Waals surface area contributed by atoms with E-state index in [1.165, 1.54) is 4.88 Å². The third kappa shape index (κ3) is 2.44. The lowest BCUT2D eigenvalue weighted by Crippen LogP contribution is -2.31. The summed E-state index contributed by atoms with van der Waals surface area (Å²) in [6.07, 6.45) is 2.38. The second kappa shape index (κ2) is 4.97. The summed E-state index contributed by atoms with van der Waals surface area (Å²) in [5, 5.41) is 4.86. The van der Waals surface area contributed by atoms with Gasteiger partial charge in [0.2, 0.25) is 0 Å². The Bertz CT molecular complexity index is 380. The Morgan fingerprint density at radius 3 is 3.00 bits per heavy atom. The van der Waals surface area contributed by atoms with Crippen molar-refractivity contribution in [3.05, 3.63) is 21.4 Å². The predicted octanol–water partition coefficient (Wildman–Crippen LogP) is 2.27.